The number of pyridine rings is 1. The first-order valence-corrected chi connectivity index (χ1v) is 6.96. The van der Waals surface area contributed by atoms with E-state index in [4.69, 9.17) is 45.7 Å². The van der Waals surface area contributed by atoms with Gasteiger partial charge in [-0.05, 0) is 18.2 Å². The highest BCUT2D eigenvalue weighted by Gasteiger charge is 2.11. The van der Waals surface area contributed by atoms with Gasteiger partial charge in [0, 0.05) is 23.3 Å². The number of oxime groups is 1. The van der Waals surface area contributed by atoms with Crippen molar-refractivity contribution in [1.82, 2.24) is 4.98 Å². The topological polar surface area (TPSA) is 83.5 Å². The first-order chi connectivity index (χ1) is 10.0. The number of amidine groups is 1. The zero-order valence-corrected chi connectivity index (χ0v) is 12.9. The number of nitrogens with zero attached hydrogens (tertiary/aromatic N) is 2. The lowest BCUT2D eigenvalue weighted by molar-refractivity contribution is 0.318. The summed E-state index contributed by atoms with van der Waals surface area (Å²) in [5.41, 5.74) is 7.25. The van der Waals surface area contributed by atoms with Crippen LogP contribution in [0.3, 0.4) is 0 Å². The highest BCUT2D eigenvalue weighted by atomic mass is 35.5. The first-order valence-electron chi connectivity index (χ1n) is 5.83. The Morgan fingerprint density at radius 3 is 2.57 bits per heavy atom. The van der Waals surface area contributed by atoms with E-state index in [0.717, 1.165) is 5.56 Å². The monoisotopic (exact) mass is 344 g/mol. The van der Waals surface area contributed by atoms with Gasteiger partial charge >= 0.3 is 0 Å². The van der Waals surface area contributed by atoms with E-state index >= 15 is 0 Å². The Balaban J connectivity index is 2.26. The number of benzene rings is 1. The van der Waals surface area contributed by atoms with Crippen LogP contribution in [-0.4, -0.2) is 16.0 Å². The molecule has 0 amide bonds. The number of anilines is 1. The largest absolute Gasteiger partial charge is 0.409 e. The number of rotatable bonds is 4. The van der Waals surface area contributed by atoms with Gasteiger partial charge in [-0.3, -0.25) is 4.98 Å². The lowest BCUT2D eigenvalue weighted by atomic mass is 10.1. The molecule has 8 heteroatoms. The molecule has 0 aliphatic carbocycles. The second-order valence-electron chi connectivity index (χ2n) is 4.09. The van der Waals surface area contributed by atoms with Crippen LogP contribution >= 0.6 is 34.8 Å². The Morgan fingerprint density at radius 2 is 1.95 bits per heavy atom. The molecule has 110 valence electrons. The van der Waals surface area contributed by atoms with Gasteiger partial charge < -0.3 is 16.3 Å². The highest BCUT2D eigenvalue weighted by molar-refractivity contribution is 6.41. The van der Waals surface area contributed by atoms with Crippen molar-refractivity contribution in [3.8, 4) is 0 Å². The summed E-state index contributed by atoms with van der Waals surface area (Å²) in [4.78, 5) is 4.08. The average Bonchev–Trinajstić information content (AvgIpc) is 2.45. The third-order valence-electron chi connectivity index (χ3n) is 2.70. The van der Waals surface area contributed by atoms with Crippen LogP contribution in [-0.2, 0) is 6.54 Å². The molecule has 4 N–H and O–H groups in total. The second kappa shape index (κ2) is 6.85. The van der Waals surface area contributed by atoms with Gasteiger partial charge in [-0.2, -0.15) is 0 Å². The predicted molar refractivity (Wildman–Crippen MR) is 85.5 cm³/mol. The Bertz CT molecular complexity index is 668. The van der Waals surface area contributed by atoms with Crippen LogP contribution in [0.2, 0.25) is 15.1 Å². The van der Waals surface area contributed by atoms with Gasteiger partial charge in [0.1, 0.15) is 5.69 Å². The summed E-state index contributed by atoms with van der Waals surface area (Å²) in [6, 6.07) is 6.72. The molecule has 21 heavy (non-hydrogen) atoms. The van der Waals surface area contributed by atoms with Crippen molar-refractivity contribution in [2.75, 3.05) is 5.32 Å². The van der Waals surface area contributed by atoms with Gasteiger partial charge in [-0.15, -0.1) is 0 Å². The molecule has 5 nitrogen and oxygen atoms in total. The van der Waals surface area contributed by atoms with Crippen molar-refractivity contribution in [2.24, 2.45) is 10.9 Å². The molecular weight excluding hydrogens is 335 g/mol. The van der Waals surface area contributed by atoms with E-state index in [0.29, 0.717) is 33.0 Å². The smallest absolute Gasteiger partial charge is 0.189 e. The van der Waals surface area contributed by atoms with E-state index in [9.17, 15) is 0 Å². The molecule has 0 saturated carbocycles. The Morgan fingerprint density at radius 1 is 1.29 bits per heavy atom. The molecule has 0 aliphatic rings. The fraction of sp³-hybridized carbons (Fsp3) is 0.0769. The van der Waals surface area contributed by atoms with E-state index in [1.165, 1.54) is 0 Å². The van der Waals surface area contributed by atoms with Crippen LogP contribution in [0, 0.1) is 0 Å². The second-order valence-corrected chi connectivity index (χ2v) is 5.35. The third kappa shape index (κ3) is 3.69. The molecular formula is C13H11Cl3N4O. The van der Waals surface area contributed by atoms with E-state index in [1.807, 2.05) is 0 Å². The minimum atomic E-state index is -0.0688. The van der Waals surface area contributed by atoms with Crippen LogP contribution in [0.4, 0.5) is 5.69 Å². The third-order valence-corrected chi connectivity index (χ3v) is 3.52. The van der Waals surface area contributed by atoms with Crippen LogP contribution in [0.25, 0.3) is 0 Å². The van der Waals surface area contributed by atoms with E-state index in [-0.39, 0.29) is 5.84 Å². The summed E-state index contributed by atoms with van der Waals surface area (Å²) in [7, 11) is 0. The van der Waals surface area contributed by atoms with Crippen molar-refractivity contribution >= 4 is 46.3 Å². The van der Waals surface area contributed by atoms with Gasteiger partial charge in [-0.1, -0.05) is 46.0 Å². The number of halogens is 3. The van der Waals surface area contributed by atoms with Crippen LogP contribution < -0.4 is 11.1 Å². The number of hydrogen-bond donors (Lipinski definition) is 3. The summed E-state index contributed by atoms with van der Waals surface area (Å²) < 4.78 is 0. The Hall–Kier alpha value is -1.69. The molecule has 1 heterocycles. The lowest BCUT2D eigenvalue weighted by Crippen LogP contribution is -2.18. The highest BCUT2D eigenvalue weighted by Crippen LogP contribution is 2.34. The van der Waals surface area contributed by atoms with Crippen LogP contribution in [0.5, 0.6) is 0 Å². The fourth-order valence-electron chi connectivity index (χ4n) is 1.75. The van der Waals surface area contributed by atoms with Crippen molar-refractivity contribution in [3.63, 3.8) is 0 Å². The molecule has 0 bridgehead atoms. The van der Waals surface area contributed by atoms with Gasteiger partial charge in [0.25, 0.3) is 0 Å². The maximum Gasteiger partial charge on any atom is 0.189 e. The number of hydrogen-bond acceptors (Lipinski definition) is 4. The first kappa shape index (κ1) is 15.7. The molecule has 0 saturated heterocycles. The standard InChI is InChI=1S/C13H11Cl3N4O/c14-8-4-9(15)12(10(16)5-8)19-6-7-2-1-3-18-11(7)13(17)20-21/h1-5,19,21H,6H2,(H2,17,20). The predicted octanol–water partition coefficient (Wildman–Crippen LogP) is 3.75. The fourth-order valence-corrected chi connectivity index (χ4v) is 2.70. The van der Waals surface area contributed by atoms with Crippen molar-refractivity contribution in [3.05, 3.63) is 56.8 Å². The van der Waals surface area contributed by atoms with Gasteiger partial charge in [0.2, 0.25) is 0 Å². The lowest BCUT2D eigenvalue weighted by Gasteiger charge is -2.12. The van der Waals surface area contributed by atoms with Crippen LogP contribution in [0.1, 0.15) is 11.3 Å². The molecule has 2 aromatic rings. The Labute approximate surface area is 136 Å². The molecule has 0 atom stereocenters. The van der Waals surface area contributed by atoms with Crippen molar-refractivity contribution in [1.29, 1.82) is 0 Å². The Kier molecular flexibility index (Phi) is 5.12. The molecule has 0 radical (unpaired) electrons. The molecule has 1 aromatic carbocycles. The molecule has 0 spiro atoms. The SMILES string of the molecule is NC(=NO)c1ncccc1CNc1c(Cl)cc(Cl)cc1Cl. The molecule has 1 aromatic heterocycles. The molecule has 0 unspecified atom stereocenters. The van der Waals surface area contributed by atoms with Crippen molar-refractivity contribution in [2.45, 2.75) is 6.54 Å². The van der Waals surface area contributed by atoms with Crippen molar-refractivity contribution < 1.29 is 5.21 Å². The summed E-state index contributed by atoms with van der Waals surface area (Å²) in [5.74, 6) is -0.0688. The minimum absolute atomic E-state index is 0.0688. The molecule has 0 aliphatic heterocycles. The summed E-state index contributed by atoms with van der Waals surface area (Å²) >= 11 is 18.0. The number of nitrogens with one attached hydrogen (secondary N) is 1. The zero-order valence-electron chi connectivity index (χ0n) is 10.6. The molecule has 0 fully saturated rings. The van der Waals surface area contributed by atoms with Gasteiger partial charge in [-0.25, -0.2) is 0 Å². The van der Waals surface area contributed by atoms with E-state index in [1.54, 1.807) is 30.5 Å². The normalized spacial score (nSPS) is 11.5. The van der Waals surface area contributed by atoms with E-state index < -0.39 is 0 Å². The van der Waals surface area contributed by atoms with Crippen LogP contribution in [0.15, 0.2) is 35.6 Å². The minimum Gasteiger partial charge on any atom is -0.409 e. The maximum absolute atomic E-state index is 8.76. The maximum atomic E-state index is 8.76. The van der Waals surface area contributed by atoms with Gasteiger partial charge in [0.15, 0.2) is 5.84 Å². The summed E-state index contributed by atoms with van der Waals surface area (Å²) in [6.07, 6.45) is 1.55. The number of nitrogens with two attached hydrogens (primary N) is 1. The quantitative estimate of drug-likeness (QED) is 0.341. The summed E-state index contributed by atoms with van der Waals surface area (Å²) in [6.45, 7) is 0.348. The van der Waals surface area contributed by atoms with Gasteiger partial charge in [0.05, 0.1) is 15.7 Å². The number of aromatic nitrogens is 1. The average molecular weight is 346 g/mol. The molecule has 2 rings (SSSR count). The summed E-state index contributed by atoms with van der Waals surface area (Å²) in [5, 5.41) is 16.1. The zero-order chi connectivity index (χ0) is 15.4. The van der Waals surface area contributed by atoms with E-state index in [2.05, 4.69) is 15.5 Å².